The molecule has 0 atom stereocenters. The second-order valence-corrected chi connectivity index (χ2v) is 7.71. The first-order valence-corrected chi connectivity index (χ1v) is 9.75. The molecular formula is C20H22IN3. The lowest BCUT2D eigenvalue weighted by Gasteiger charge is -2.27. The summed E-state index contributed by atoms with van der Waals surface area (Å²) in [6, 6.07) is 11.1. The van der Waals surface area contributed by atoms with Crippen LogP contribution in [0.5, 0.6) is 0 Å². The molecule has 3 aromatic rings. The van der Waals surface area contributed by atoms with Crippen LogP contribution in [0.3, 0.4) is 0 Å². The summed E-state index contributed by atoms with van der Waals surface area (Å²) in [6.07, 6.45) is 6.02. The first-order chi connectivity index (χ1) is 11.8. The first-order valence-electron chi connectivity index (χ1n) is 8.67. The van der Waals surface area contributed by atoms with Gasteiger partial charge in [0.2, 0.25) is 0 Å². The van der Waals surface area contributed by atoms with Gasteiger partial charge in [-0.25, -0.2) is 0 Å². The predicted octanol–water partition coefficient (Wildman–Crippen LogP) is 4.26. The molecule has 0 amide bonds. The Morgan fingerprint density at radius 1 is 1.25 bits per heavy atom. The normalized spacial score (nSPS) is 14.9. The molecule has 0 bridgehead atoms. The quantitative estimate of drug-likeness (QED) is 0.576. The molecule has 0 saturated heterocycles. The van der Waals surface area contributed by atoms with Crippen molar-refractivity contribution in [3.63, 3.8) is 0 Å². The maximum absolute atomic E-state index is 4.25. The molecule has 0 aliphatic carbocycles. The van der Waals surface area contributed by atoms with Gasteiger partial charge in [0.05, 0.1) is 0 Å². The summed E-state index contributed by atoms with van der Waals surface area (Å²) in [5, 5.41) is 1.45. The number of aryl methyl sites for hydroxylation is 2. The van der Waals surface area contributed by atoms with Crippen LogP contribution in [0.15, 0.2) is 42.7 Å². The summed E-state index contributed by atoms with van der Waals surface area (Å²) in [5.74, 6) is 0. The number of likely N-dealkylation sites (N-methyl/N-ethyl adjacent to an activating group) is 1. The monoisotopic (exact) mass is 431 g/mol. The van der Waals surface area contributed by atoms with Gasteiger partial charge in [-0.05, 0) is 70.9 Å². The van der Waals surface area contributed by atoms with E-state index in [1.165, 1.54) is 26.6 Å². The van der Waals surface area contributed by atoms with Crippen molar-refractivity contribution < 1.29 is 0 Å². The second kappa shape index (κ2) is 6.84. The van der Waals surface area contributed by atoms with Gasteiger partial charge in [-0.3, -0.25) is 9.88 Å². The van der Waals surface area contributed by atoms with Crippen molar-refractivity contribution in [2.24, 2.45) is 0 Å². The third-order valence-electron chi connectivity index (χ3n) is 5.09. The van der Waals surface area contributed by atoms with Gasteiger partial charge in [-0.15, -0.1) is 0 Å². The van der Waals surface area contributed by atoms with Crippen molar-refractivity contribution in [3.8, 4) is 0 Å². The second-order valence-electron chi connectivity index (χ2n) is 6.47. The van der Waals surface area contributed by atoms with Crippen molar-refractivity contribution in [2.45, 2.75) is 32.9 Å². The number of rotatable bonds is 4. The van der Waals surface area contributed by atoms with Gasteiger partial charge in [0.25, 0.3) is 0 Å². The largest absolute Gasteiger partial charge is 0.344 e. The van der Waals surface area contributed by atoms with Crippen LogP contribution in [-0.2, 0) is 25.9 Å². The van der Waals surface area contributed by atoms with E-state index < -0.39 is 0 Å². The fraction of sp³-hybridized carbons (Fsp3) is 0.350. The Kier molecular flexibility index (Phi) is 4.59. The average molecular weight is 431 g/mol. The minimum Gasteiger partial charge on any atom is -0.344 e. The Labute approximate surface area is 156 Å². The summed E-state index contributed by atoms with van der Waals surface area (Å²) in [6.45, 7) is 6.68. The van der Waals surface area contributed by atoms with Gasteiger partial charge < -0.3 is 4.57 Å². The van der Waals surface area contributed by atoms with Crippen LogP contribution in [0, 0.1) is 3.57 Å². The third kappa shape index (κ3) is 2.97. The molecule has 4 rings (SSSR count). The molecule has 2 aromatic heterocycles. The number of aromatic nitrogens is 2. The number of hydrogen-bond acceptors (Lipinski definition) is 2. The van der Waals surface area contributed by atoms with E-state index in [-0.39, 0.29) is 0 Å². The first kappa shape index (κ1) is 16.1. The summed E-state index contributed by atoms with van der Waals surface area (Å²) in [7, 11) is 0. The molecule has 0 unspecified atom stereocenters. The SMILES string of the molecule is CCN1CCc2c(c3cc(I)ccc3n2CCc2cccnc2)C1. The molecule has 3 nitrogen and oxygen atoms in total. The molecule has 0 spiro atoms. The van der Waals surface area contributed by atoms with E-state index in [4.69, 9.17) is 0 Å². The summed E-state index contributed by atoms with van der Waals surface area (Å²) >= 11 is 2.43. The Balaban J connectivity index is 1.74. The lowest BCUT2D eigenvalue weighted by atomic mass is 10.0. The number of pyridine rings is 1. The molecule has 0 radical (unpaired) electrons. The molecule has 124 valence electrons. The van der Waals surface area contributed by atoms with Crippen LogP contribution in [0.2, 0.25) is 0 Å². The summed E-state index contributed by atoms with van der Waals surface area (Å²) < 4.78 is 3.88. The lowest BCUT2D eigenvalue weighted by Crippen LogP contribution is -2.30. The molecule has 1 aliphatic rings. The van der Waals surface area contributed by atoms with E-state index in [2.05, 4.69) is 68.2 Å². The van der Waals surface area contributed by atoms with E-state index in [0.717, 1.165) is 32.5 Å². The van der Waals surface area contributed by atoms with E-state index >= 15 is 0 Å². The smallest absolute Gasteiger partial charge is 0.0486 e. The van der Waals surface area contributed by atoms with E-state index in [1.54, 1.807) is 11.3 Å². The van der Waals surface area contributed by atoms with Crippen LogP contribution in [0.1, 0.15) is 23.7 Å². The zero-order chi connectivity index (χ0) is 16.5. The van der Waals surface area contributed by atoms with Gasteiger partial charge in [0.1, 0.15) is 0 Å². The molecular weight excluding hydrogens is 409 g/mol. The summed E-state index contributed by atoms with van der Waals surface area (Å²) in [5.41, 5.74) is 5.79. The maximum atomic E-state index is 4.25. The molecule has 1 aliphatic heterocycles. The van der Waals surface area contributed by atoms with Crippen molar-refractivity contribution in [1.82, 2.24) is 14.5 Å². The topological polar surface area (TPSA) is 21.1 Å². The van der Waals surface area contributed by atoms with E-state index in [1.807, 2.05) is 18.5 Å². The number of fused-ring (bicyclic) bond motifs is 3. The van der Waals surface area contributed by atoms with Gasteiger partial charge in [0.15, 0.2) is 0 Å². The highest BCUT2D eigenvalue weighted by atomic mass is 127. The van der Waals surface area contributed by atoms with E-state index in [9.17, 15) is 0 Å². The molecule has 1 aromatic carbocycles. The summed E-state index contributed by atoms with van der Waals surface area (Å²) in [4.78, 5) is 6.80. The number of hydrogen-bond donors (Lipinski definition) is 0. The zero-order valence-corrected chi connectivity index (χ0v) is 16.2. The molecule has 4 heteroatoms. The van der Waals surface area contributed by atoms with Crippen molar-refractivity contribution >= 4 is 33.5 Å². The Hall–Kier alpha value is -1.40. The molecule has 0 saturated carbocycles. The van der Waals surface area contributed by atoms with Crippen LogP contribution >= 0.6 is 22.6 Å². The molecule has 0 N–H and O–H groups in total. The molecule has 0 fully saturated rings. The Morgan fingerprint density at radius 3 is 2.96 bits per heavy atom. The van der Waals surface area contributed by atoms with Crippen molar-refractivity contribution in [2.75, 3.05) is 13.1 Å². The number of halogens is 1. The van der Waals surface area contributed by atoms with Crippen LogP contribution in [0.25, 0.3) is 10.9 Å². The van der Waals surface area contributed by atoms with Gasteiger partial charge in [-0.2, -0.15) is 0 Å². The highest BCUT2D eigenvalue weighted by Gasteiger charge is 2.23. The Morgan fingerprint density at radius 2 is 2.17 bits per heavy atom. The Bertz CT molecular complexity index is 854. The van der Waals surface area contributed by atoms with Crippen LogP contribution in [0.4, 0.5) is 0 Å². The third-order valence-corrected chi connectivity index (χ3v) is 5.76. The van der Waals surface area contributed by atoms with Crippen LogP contribution < -0.4 is 0 Å². The minimum absolute atomic E-state index is 1.03. The van der Waals surface area contributed by atoms with Gasteiger partial charge >= 0.3 is 0 Å². The highest BCUT2D eigenvalue weighted by molar-refractivity contribution is 14.1. The number of nitrogens with zero attached hydrogens (tertiary/aromatic N) is 3. The zero-order valence-electron chi connectivity index (χ0n) is 14.0. The average Bonchev–Trinajstić information content (AvgIpc) is 2.93. The minimum atomic E-state index is 1.03. The predicted molar refractivity (Wildman–Crippen MR) is 107 cm³/mol. The maximum Gasteiger partial charge on any atom is 0.0486 e. The van der Waals surface area contributed by atoms with E-state index in [0.29, 0.717) is 0 Å². The standard InChI is InChI=1S/C20H22IN3/c1-2-23-10-8-20-18(14-23)17-12-16(21)5-6-19(17)24(20)11-7-15-4-3-9-22-13-15/h3-6,9,12-13H,2,7-8,10-11,14H2,1H3. The fourth-order valence-electron chi connectivity index (χ4n) is 3.79. The fourth-order valence-corrected chi connectivity index (χ4v) is 4.28. The lowest BCUT2D eigenvalue weighted by molar-refractivity contribution is 0.265. The van der Waals surface area contributed by atoms with Crippen molar-refractivity contribution in [3.05, 3.63) is 63.1 Å². The highest BCUT2D eigenvalue weighted by Crippen LogP contribution is 2.32. The number of benzene rings is 1. The molecule has 3 heterocycles. The van der Waals surface area contributed by atoms with Gasteiger partial charge in [0, 0.05) is 58.6 Å². The van der Waals surface area contributed by atoms with Crippen LogP contribution in [-0.4, -0.2) is 27.5 Å². The van der Waals surface area contributed by atoms with Crippen molar-refractivity contribution in [1.29, 1.82) is 0 Å². The van der Waals surface area contributed by atoms with Gasteiger partial charge in [-0.1, -0.05) is 13.0 Å². The molecule has 24 heavy (non-hydrogen) atoms.